The minimum atomic E-state index is -0.00134. The normalized spacial score (nSPS) is 20.1. The van der Waals surface area contributed by atoms with Gasteiger partial charge in [0, 0.05) is 37.6 Å². The zero-order chi connectivity index (χ0) is 19.9. The Kier molecular flexibility index (Phi) is 7.57. The maximum Gasteiger partial charge on any atom is 0.260 e. The van der Waals surface area contributed by atoms with Crippen LogP contribution in [0.5, 0.6) is 5.75 Å². The number of carbonyl (C=O) groups is 2. The van der Waals surface area contributed by atoms with Crippen molar-refractivity contribution >= 4 is 23.4 Å². The first-order valence-electron chi connectivity index (χ1n) is 10.0. The summed E-state index contributed by atoms with van der Waals surface area (Å²) < 4.78 is 11.0. The second-order valence-electron chi connectivity index (χ2n) is 7.58. The lowest BCUT2D eigenvalue weighted by Crippen LogP contribution is -2.43. The summed E-state index contributed by atoms with van der Waals surface area (Å²) >= 11 is 5.96. The van der Waals surface area contributed by atoms with Crippen LogP contribution in [0.1, 0.15) is 31.2 Å². The number of amides is 2. The molecule has 1 atom stereocenters. The van der Waals surface area contributed by atoms with E-state index in [-0.39, 0.29) is 18.4 Å². The summed E-state index contributed by atoms with van der Waals surface area (Å²) in [5.74, 6) is 1.26. The topological polar surface area (TPSA) is 59.1 Å². The van der Waals surface area contributed by atoms with E-state index >= 15 is 0 Å². The van der Waals surface area contributed by atoms with E-state index in [1.807, 2.05) is 22.8 Å². The Labute approximate surface area is 171 Å². The number of hydrogen-bond acceptors (Lipinski definition) is 4. The molecule has 2 aliphatic heterocycles. The fourth-order valence-electron chi connectivity index (χ4n) is 3.83. The van der Waals surface area contributed by atoms with Gasteiger partial charge in [-0.3, -0.25) is 9.59 Å². The van der Waals surface area contributed by atoms with Crippen molar-refractivity contribution in [3.05, 3.63) is 28.8 Å². The molecule has 0 aliphatic carbocycles. The summed E-state index contributed by atoms with van der Waals surface area (Å²) in [6, 6.07) is 5.38. The van der Waals surface area contributed by atoms with Gasteiger partial charge in [0.1, 0.15) is 5.75 Å². The lowest BCUT2D eigenvalue weighted by molar-refractivity contribution is -0.136. The molecule has 28 heavy (non-hydrogen) atoms. The smallest absolute Gasteiger partial charge is 0.260 e. The van der Waals surface area contributed by atoms with Crippen LogP contribution in [0.2, 0.25) is 5.02 Å². The van der Waals surface area contributed by atoms with Crippen LogP contribution in [0.25, 0.3) is 0 Å². The molecule has 3 rings (SSSR count). The number of rotatable bonds is 6. The van der Waals surface area contributed by atoms with Gasteiger partial charge in [-0.05, 0) is 55.9 Å². The summed E-state index contributed by atoms with van der Waals surface area (Å²) in [7, 11) is 0. The monoisotopic (exact) mass is 408 g/mol. The summed E-state index contributed by atoms with van der Waals surface area (Å²) in [6.07, 6.45) is 3.42. The van der Waals surface area contributed by atoms with Gasteiger partial charge in [-0.1, -0.05) is 11.6 Å². The number of piperidine rings is 1. The molecule has 2 saturated heterocycles. The van der Waals surface area contributed by atoms with Gasteiger partial charge in [0.25, 0.3) is 5.91 Å². The Balaban J connectivity index is 1.43. The van der Waals surface area contributed by atoms with Crippen LogP contribution >= 0.6 is 11.6 Å². The van der Waals surface area contributed by atoms with Crippen molar-refractivity contribution in [3.63, 3.8) is 0 Å². The third-order valence-corrected chi connectivity index (χ3v) is 5.73. The van der Waals surface area contributed by atoms with E-state index < -0.39 is 0 Å². The van der Waals surface area contributed by atoms with Crippen LogP contribution in [-0.2, 0) is 14.3 Å². The zero-order valence-corrected chi connectivity index (χ0v) is 17.2. The number of hydrogen-bond donors (Lipinski definition) is 0. The van der Waals surface area contributed by atoms with Gasteiger partial charge in [-0.25, -0.2) is 0 Å². The Morgan fingerprint density at radius 2 is 1.96 bits per heavy atom. The molecule has 0 N–H and O–H groups in total. The number of likely N-dealkylation sites (tertiary alicyclic amines) is 1. The van der Waals surface area contributed by atoms with Crippen molar-refractivity contribution in [3.8, 4) is 5.75 Å². The van der Waals surface area contributed by atoms with Gasteiger partial charge < -0.3 is 19.3 Å². The van der Waals surface area contributed by atoms with Gasteiger partial charge in [0.2, 0.25) is 5.91 Å². The molecule has 2 heterocycles. The number of morpholine rings is 1. The molecule has 7 heteroatoms. The fraction of sp³-hybridized carbons (Fsp3) is 0.619. The average Bonchev–Trinajstić information content (AvgIpc) is 2.72. The lowest BCUT2D eigenvalue weighted by atomic mass is 9.93. The first-order chi connectivity index (χ1) is 13.5. The predicted octanol–water partition coefficient (Wildman–Crippen LogP) is 2.90. The highest BCUT2D eigenvalue weighted by Crippen LogP contribution is 2.24. The number of nitrogens with zero attached hydrogens (tertiary/aromatic N) is 2. The Morgan fingerprint density at radius 1 is 1.18 bits per heavy atom. The second kappa shape index (κ2) is 10.1. The Hall–Kier alpha value is -1.79. The summed E-state index contributed by atoms with van der Waals surface area (Å²) in [5, 5.41) is 0.654. The maximum atomic E-state index is 12.6. The molecule has 2 amide bonds. The summed E-state index contributed by atoms with van der Waals surface area (Å²) in [5.41, 5.74) is 0.915. The highest BCUT2D eigenvalue weighted by atomic mass is 35.5. The standard InChI is InChI=1S/C21H29ClN2O4/c1-16-13-18(22)5-6-19(16)28-15-21(26)24-8-2-3-17(14-24)4-7-20(25)23-9-11-27-12-10-23/h5-6,13,17H,2-4,7-12,14-15H2,1H3/t17-/m1/s1. The molecule has 0 spiro atoms. The third kappa shape index (κ3) is 5.85. The molecule has 0 aromatic heterocycles. The van der Waals surface area contributed by atoms with Crippen molar-refractivity contribution in [1.82, 2.24) is 9.80 Å². The van der Waals surface area contributed by atoms with Crippen LogP contribution < -0.4 is 4.74 Å². The van der Waals surface area contributed by atoms with Crippen molar-refractivity contribution in [2.24, 2.45) is 5.92 Å². The molecule has 154 valence electrons. The molecule has 6 nitrogen and oxygen atoms in total. The van der Waals surface area contributed by atoms with Gasteiger partial charge in [-0.15, -0.1) is 0 Å². The average molecular weight is 409 g/mol. The highest BCUT2D eigenvalue weighted by Gasteiger charge is 2.25. The zero-order valence-electron chi connectivity index (χ0n) is 16.5. The van der Waals surface area contributed by atoms with Crippen LogP contribution in [0.4, 0.5) is 0 Å². The minimum absolute atomic E-state index is 0.00134. The first-order valence-corrected chi connectivity index (χ1v) is 10.4. The van der Waals surface area contributed by atoms with Crippen molar-refractivity contribution in [2.75, 3.05) is 46.0 Å². The molecule has 0 unspecified atom stereocenters. The minimum Gasteiger partial charge on any atom is -0.483 e. The van der Waals surface area contributed by atoms with Gasteiger partial charge in [0.15, 0.2) is 6.61 Å². The number of halogens is 1. The van der Waals surface area contributed by atoms with Crippen molar-refractivity contribution in [2.45, 2.75) is 32.6 Å². The third-order valence-electron chi connectivity index (χ3n) is 5.49. The molecule has 0 saturated carbocycles. The van der Waals surface area contributed by atoms with Gasteiger partial charge >= 0.3 is 0 Å². The van der Waals surface area contributed by atoms with E-state index in [2.05, 4.69) is 0 Å². The Morgan fingerprint density at radius 3 is 2.71 bits per heavy atom. The largest absolute Gasteiger partial charge is 0.483 e. The second-order valence-corrected chi connectivity index (χ2v) is 8.01. The molecule has 0 bridgehead atoms. The SMILES string of the molecule is Cc1cc(Cl)ccc1OCC(=O)N1CCC[C@H](CCC(=O)N2CCOCC2)C1. The maximum absolute atomic E-state index is 12.6. The van der Waals surface area contributed by atoms with Crippen LogP contribution in [0.3, 0.4) is 0 Å². The van der Waals surface area contributed by atoms with Crippen LogP contribution in [0, 0.1) is 12.8 Å². The number of aryl methyl sites for hydroxylation is 1. The molecule has 0 radical (unpaired) electrons. The number of ether oxygens (including phenoxy) is 2. The predicted molar refractivity (Wildman–Crippen MR) is 108 cm³/mol. The van der Waals surface area contributed by atoms with E-state index in [1.54, 1.807) is 12.1 Å². The fourth-order valence-corrected chi connectivity index (χ4v) is 4.06. The van der Waals surface area contributed by atoms with Crippen molar-refractivity contribution < 1.29 is 19.1 Å². The van der Waals surface area contributed by atoms with Gasteiger partial charge in [-0.2, -0.15) is 0 Å². The van der Waals surface area contributed by atoms with E-state index in [0.29, 0.717) is 56.0 Å². The lowest BCUT2D eigenvalue weighted by Gasteiger charge is -2.33. The van der Waals surface area contributed by atoms with E-state index in [9.17, 15) is 9.59 Å². The molecule has 1 aromatic carbocycles. The van der Waals surface area contributed by atoms with E-state index in [0.717, 1.165) is 31.4 Å². The van der Waals surface area contributed by atoms with E-state index in [1.165, 1.54) is 0 Å². The highest BCUT2D eigenvalue weighted by molar-refractivity contribution is 6.30. The van der Waals surface area contributed by atoms with E-state index in [4.69, 9.17) is 21.1 Å². The number of benzene rings is 1. The molecular formula is C21H29ClN2O4. The van der Waals surface area contributed by atoms with Crippen molar-refractivity contribution in [1.29, 1.82) is 0 Å². The first kappa shape index (κ1) is 20.9. The Bertz CT molecular complexity index is 691. The number of carbonyl (C=O) groups excluding carboxylic acids is 2. The van der Waals surface area contributed by atoms with Crippen LogP contribution in [0.15, 0.2) is 18.2 Å². The molecule has 2 fully saturated rings. The summed E-state index contributed by atoms with van der Waals surface area (Å²) in [6.45, 7) is 6.05. The molecular weight excluding hydrogens is 380 g/mol. The van der Waals surface area contributed by atoms with Crippen LogP contribution in [-0.4, -0.2) is 67.6 Å². The molecule has 1 aromatic rings. The quantitative estimate of drug-likeness (QED) is 0.726. The van der Waals surface area contributed by atoms with Gasteiger partial charge in [0.05, 0.1) is 13.2 Å². The molecule has 2 aliphatic rings. The summed E-state index contributed by atoms with van der Waals surface area (Å²) in [4.78, 5) is 28.7.